The summed E-state index contributed by atoms with van der Waals surface area (Å²) in [6.45, 7) is 3.48. The maximum absolute atomic E-state index is 11.8. The highest BCUT2D eigenvalue weighted by Crippen LogP contribution is 2.22. The van der Waals surface area contributed by atoms with Gasteiger partial charge in [0.25, 0.3) is 0 Å². The van der Waals surface area contributed by atoms with Crippen LogP contribution in [0.2, 0.25) is 0 Å². The van der Waals surface area contributed by atoms with Crippen molar-refractivity contribution in [1.82, 2.24) is 0 Å². The minimum absolute atomic E-state index is 0.521. The lowest BCUT2D eigenvalue weighted by Crippen LogP contribution is -2.10. The molecule has 0 aromatic heterocycles. The molecule has 1 aromatic carbocycles. The first-order valence-corrected chi connectivity index (χ1v) is 5.44. The predicted molar refractivity (Wildman–Crippen MR) is 57.1 cm³/mol. The van der Waals surface area contributed by atoms with Crippen LogP contribution in [0, 0.1) is 18.3 Å². The Bertz CT molecular complexity index is 409. The number of benzene rings is 1. The lowest BCUT2D eigenvalue weighted by Gasteiger charge is -2.08. The molecule has 0 radical (unpaired) electrons. The van der Waals surface area contributed by atoms with Crippen molar-refractivity contribution < 1.29 is 4.21 Å². The number of nitrogens with zero attached hydrogens (tertiary/aromatic N) is 1. The van der Waals surface area contributed by atoms with Gasteiger partial charge in [-0.25, -0.2) is 0 Å². The highest BCUT2D eigenvalue weighted by molar-refractivity contribution is 7.86. The zero-order valence-electron chi connectivity index (χ0n) is 8.15. The molecule has 0 aliphatic carbocycles. The number of nitrogen functional groups attached to an aromatic ring is 1. The van der Waals surface area contributed by atoms with E-state index in [9.17, 15) is 4.21 Å². The number of hydrogen-bond acceptors (Lipinski definition) is 3. The molecular formula is C10H12N2OS. The first-order valence-electron chi connectivity index (χ1n) is 4.23. The first-order chi connectivity index (χ1) is 6.57. The molecule has 0 fully saturated rings. The minimum atomic E-state index is -1.34. The summed E-state index contributed by atoms with van der Waals surface area (Å²) >= 11 is 0. The van der Waals surface area contributed by atoms with Gasteiger partial charge in [0.1, 0.15) is 5.25 Å². The highest BCUT2D eigenvalue weighted by Gasteiger charge is 2.15. The Labute approximate surface area is 86.0 Å². The van der Waals surface area contributed by atoms with Crippen molar-refractivity contribution >= 4 is 16.5 Å². The zero-order valence-corrected chi connectivity index (χ0v) is 8.97. The molecule has 2 atom stereocenters. The van der Waals surface area contributed by atoms with Crippen LogP contribution in [0.1, 0.15) is 12.5 Å². The molecule has 1 aromatic rings. The molecular weight excluding hydrogens is 196 g/mol. The molecule has 1 rings (SSSR count). The summed E-state index contributed by atoms with van der Waals surface area (Å²) in [6.07, 6.45) is 0. The lowest BCUT2D eigenvalue weighted by molar-refractivity contribution is 0.680. The molecule has 0 saturated carbocycles. The van der Waals surface area contributed by atoms with Gasteiger partial charge in [0, 0.05) is 0 Å². The fourth-order valence-electron chi connectivity index (χ4n) is 1.07. The Kier molecular flexibility index (Phi) is 3.26. The lowest BCUT2D eigenvalue weighted by atomic mass is 10.2. The topological polar surface area (TPSA) is 66.9 Å². The van der Waals surface area contributed by atoms with E-state index in [0.717, 1.165) is 5.56 Å². The van der Waals surface area contributed by atoms with Gasteiger partial charge in [-0.1, -0.05) is 12.1 Å². The van der Waals surface area contributed by atoms with Crippen LogP contribution in [-0.4, -0.2) is 9.46 Å². The number of anilines is 1. The molecule has 14 heavy (non-hydrogen) atoms. The third-order valence-electron chi connectivity index (χ3n) is 2.00. The molecule has 3 nitrogen and oxygen atoms in total. The number of nitriles is 1. The minimum Gasteiger partial charge on any atom is -0.398 e. The van der Waals surface area contributed by atoms with Crippen molar-refractivity contribution in [2.24, 2.45) is 0 Å². The fraction of sp³-hybridized carbons (Fsp3) is 0.300. The van der Waals surface area contributed by atoms with Crippen LogP contribution in [0.4, 0.5) is 5.69 Å². The largest absolute Gasteiger partial charge is 0.398 e. The van der Waals surface area contributed by atoms with Crippen LogP contribution in [-0.2, 0) is 10.8 Å². The van der Waals surface area contributed by atoms with Gasteiger partial charge in [-0.05, 0) is 25.5 Å². The van der Waals surface area contributed by atoms with Gasteiger partial charge in [0.05, 0.1) is 27.5 Å². The van der Waals surface area contributed by atoms with Gasteiger partial charge in [-0.15, -0.1) is 0 Å². The van der Waals surface area contributed by atoms with E-state index >= 15 is 0 Å². The van der Waals surface area contributed by atoms with Gasteiger partial charge in [0.2, 0.25) is 0 Å². The molecule has 74 valence electrons. The van der Waals surface area contributed by atoms with Crippen molar-refractivity contribution in [2.75, 3.05) is 5.73 Å². The quantitative estimate of drug-likeness (QED) is 0.750. The van der Waals surface area contributed by atoms with E-state index < -0.39 is 16.0 Å². The third-order valence-corrected chi connectivity index (χ3v) is 3.54. The molecule has 2 N–H and O–H groups in total. The second kappa shape index (κ2) is 4.25. The first kappa shape index (κ1) is 10.7. The summed E-state index contributed by atoms with van der Waals surface area (Å²) in [5, 5.41) is 8.11. The summed E-state index contributed by atoms with van der Waals surface area (Å²) in [5.41, 5.74) is 7.18. The van der Waals surface area contributed by atoms with Gasteiger partial charge in [-0.3, -0.25) is 4.21 Å². The van der Waals surface area contributed by atoms with E-state index in [0.29, 0.717) is 10.6 Å². The summed E-state index contributed by atoms with van der Waals surface area (Å²) in [4.78, 5) is 0.555. The molecule has 4 heteroatoms. The van der Waals surface area contributed by atoms with Crippen LogP contribution in [0.15, 0.2) is 23.1 Å². The van der Waals surface area contributed by atoms with E-state index in [4.69, 9.17) is 11.0 Å². The normalized spacial score (nSPS) is 14.4. The maximum atomic E-state index is 11.8. The van der Waals surface area contributed by atoms with Gasteiger partial charge < -0.3 is 5.73 Å². The number of rotatable bonds is 2. The maximum Gasteiger partial charge on any atom is 0.123 e. The van der Waals surface area contributed by atoms with Crippen LogP contribution >= 0.6 is 0 Å². The fourth-order valence-corrected chi connectivity index (χ4v) is 2.13. The molecule has 0 aliphatic rings. The highest BCUT2D eigenvalue weighted by atomic mass is 32.2. The molecule has 2 unspecified atom stereocenters. The number of para-hydroxylation sites is 1. The third kappa shape index (κ3) is 1.94. The second-order valence-corrected chi connectivity index (χ2v) is 4.80. The number of hydrogen-bond donors (Lipinski definition) is 1. The summed E-state index contributed by atoms with van der Waals surface area (Å²) in [7, 11) is -1.34. The smallest absolute Gasteiger partial charge is 0.123 e. The van der Waals surface area contributed by atoms with E-state index in [2.05, 4.69) is 0 Å². The zero-order chi connectivity index (χ0) is 10.7. The van der Waals surface area contributed by atoms with E-state index in [1.807, 2.05) is 19.1 Å². The van der Waals surface area contributed by atoms with Crippen LogP contribution < -0.4 is 5.73 Å². The van der Waals surface area contributed by atoms with Crippen molar-refractivity contribution in [2.45, 2.75) is 24.0 Å². The average Bonchev–Trinajstić information content (AvgIpc) is 2.20. The molecule has 0 saturated heterocycles. The molecule has 0 bridgehead atoms. The molecule has 0 aliphatic heterocycles. The molecule has 0 amide bonds. The Morgan fingerprint density at radius 1 is 1.57 bits per heavy atom. The van der Waals surface area contributed by atoms with Gasteiger partial charge in [-0.2, -0.15) is 5.26 Å². The summed E-state index contributed by atoms with van der Waals surface area (Å²) in [5.74, 6) is 0. The summed E-state index contributed by atoms with van der Waals surface area (Å²) < 4.78 is 11.8. The van der Waals surface area contributed by atoms with Gasteiger partial charge >= 0.3 is 0 Å². The van der Waals surface area contributed by atoms with Crippen molar-refractivity contribution in [3.8, 4) is 6.07 Å². The Morgan fingerprint density at radius 2 is 2.21 bits per heavy atom. The Morgan fingerprint density at radius 3 is 2.79 bits per heavy atom. The Balaban J connectivity index is 3.15. The number of aryl methyl sites for hydroxylation is 1. The number of nitrogens with two attached hydrogens (primary N) is 1. The average molecular weight is 208 g/mol. The standard InChI is InChI=1S/C10H12N2OS/c1-7-4-3-5-9(10(7)12)14(13)8(2)6-11/h3-5,8H,12H2,1-2H3. The van der Waals surface area contributed by atoms with Gasteiger partial charge in [0.15, 0.2) is 0 Å². The van der Waals surface area contributed by atoms with Crippen molar-refractivity contribution in [3.05, 3.63) is 23.8 Å². The second-order valence-electron chi connectivity index (χ2n) is 3.06. The molecule has 0 heterocycles. The van der Waals surface area contributed by atoms with Crippen LogP contribution in [0.5, 0.6) is 0 Å². The molecule has 0 spiro atoms. The van der Waals surface area contributed by atoms with E-state index in [-0.39, 0.29) is 0 Å². The van der Waals surface area contributed by atoms with Crippen molar-refractivity contribution in [1.29, 1.82) is 5.26 Å². The van der Waals surface area contributed by atoms with E-state index in [1.54, 1.807) is 19.1 Å². The van der Waals surface area contributed by atoms with Crippen LogP contribution in [0.3, 0.4) is 0 Å². The Hall–Kier alpha value is -1.34. The van der Waals surface area contributed by atoms with Crippen molar-refractivity contribution in [3.63, 3.8) is 0 Å². The summed E-state index contributed by atoms with van der Waals surface area (Å²) in [6, 6.07) is 7.30. The monoisotopic (exact) mass is 208 g/mol. The van der Waals surface area contributed by atoms with Crippen LogP contribution in [0.25, 0.3) is 0 Å². The van der Waals surface area contributed by atoms with E-state index in [1.165, 1.54) is 0 Å². The SMILES string of the molecule is Cc1cccc(S(=O)C(C)C#N)c1N. The predicted octanol–water partition coefficient (Wildman–Crippen LogP) is 1.60.